The Labute approximate surface area is 129 Å². The maximum absolute atomic E-state index is 9.48. The van der Waals surface area contributed by atoms with Crippen LogP contribution in [0.2, 0.25) is 5.02 Å². The molecule has 1 atom stereocenters. The van der Waals surface area contributed by atoms with Crippen LogP contribution in [-0.4, -0.2) is 14.2 Å². The molecule has 0 saturated carbocycles. The molecule has 0 N–H and O–H groups in total. The summed E-state index contributed by atoms with van der Waals surface area (Å²) in [5.74, 6) is 1.17. The van der Waals surface area contributed by atoms with Crippen molar-refractivity contribution in [2.24, 2.45) is 0 Å². The molecule has 0 saturated heterocycles. The fourth-order valence-electron chi connectivity index (χ4n) is 2.20. The molecule has 2 aromatic carbocycles. The predicted octanol–water partition coefficient (Wildman–Crippen LogP) is 4.21. The van der Waals surface area contributed by atoms with Gasteiger partial charge in [0.1, 0.15) is 11.5 Å². The zero-order valence-electron chi connectivity index (χ0n) is 12.0. The molecule has 0 heterocycles. The first-order chi connectivity index (χ1) is 10.2. The van der Waals surface area contributed by atoms with E-state index in [2.05, 4.69) is 6.07 Å². The predicted molar refractivity (Wildman–Crippen MR) is 83.1 cm³/mol. The standard InChI is InChI=1S/C17H16ClNO2/c1-20-15-6-3-12(4-7-15)9-13(11-19)16-10-14(18)5-8-17(16)21-2/h3-8,10,13H,9H2,1-2H3. The summed E-state index contributed by atoms with van der Waals surface area (Å²) >= 11 is 6.04. The highest BCUT2D eigenvalue weighted by Gasteiger charge is 2.17. The number of hydrogen-bond acceptors (Lipinski definition) is 3. The Balaban J connectivity index is 2.27. The summed E-state index contributed by atoms with van der Waals surface area (Å²) in [5.41, 5.74) is 1.87. The van der Waals surface area contributed by atoms with Gasteiger partial charge < -0.3 is 9.47 Å². The Morgan fingerprint density at radius 1 is 1.10 bits per heavy atom. The molecule has 0 bridgehead atoms. The normalized spacial score (nSPS) is 11.5. The van der Waals surface area contributed by atoms with Gasteiger partial charge in [-0.05, 0) is 42.3 Å². The summed E-state index contributed by atoms with van der Waals surface area (Å²) in [6.45, 7) is 0. The molecular weight excluding hydrogens is 286 g/mol. The van der Waals surface area contributed by atoms with Crippen molar-refractivity contribution in [1.82, 2.24) is 0 Å². The van der Waals surface area contributed by atoms with E-state index in [9.17, 15) is 5.26 Å². The average Bonchev–Trinajstić information content (AvgIpc) is 2.53. The minimum atomic E-state index is -0.313. The molecule has 0 spiro atoms. The van der Waals surface area contributed by atoms with Crippen LogP contribution in [0.5, 0.6) is 11.5 Å². The zero-order valence-corrected chi connectivity index (χ0v) is 12.7. The highest BCUT2D eigenvalue weighted by Crippen LogP contribution is 2.31. The van der Waals surface area contributed by atoms with E-state index in [-0.39, 0.29) is 5.92 Å². The lowest BCUT2D eigenvalue weighted by Crippen LogP contribution is -2.03. The molecule has 1 unspecified atom stereocenters. The van der Waals surface area contributed by atoms with Crippen LogP contribution >= 0.6 is 11.6 Å². The minimum Gasteiger partial charge on any atom is -0.497 e. The monoisotopic (exact) mass is 301 g/mol. The second-order valence-corrected chi connectivity index (χ2v) is 5.06. The van der Waals surface area contributed by atoms with Crippen LogP contribution in [0.15, 0.2) is 42.5 Å². The van der Waals surface area contributed by atoms with Gasteiger partial charge >= 0.3 is 0 Å². The van der Waals surface area contributed by atoms with Gasteiger partial charge in [-0.1, -0.05) is 23.7 Å². The van der Waals surface area contributed by atoms with Crippen molar-refractivity contribution in [3.8, 4) is 17.6 Å². The second-order valence-electron chi connectivity index (χ2n) is 4.62. The van der Waals surface area contributed by atoms with Crippen molar-refractivity contribution in [3.05, 3.63) is 58.6 Å². The summed E-state index contributed by atoms with van der Waals surface area (Å²) < 4.78 is 10.5. The van der Waals surface area contributed by atoms with Gasteiger partial charge in [0.25, 0.3) is 0 Å². The Hall–Kier alpha value is -2.18. The van der Waals surface area contributed by atoms with E-state index in [0.29, 0.717) is 17.2 Å². The van der Waals surface area contributed by atoms with Crippen LogP contribution in [0.4, 0.5) is 0 Å². The van der Waals surface area contributed by atoms with E-state index in [1.165, 1.54) is 0 Å². The molecule has 0 aromatic heterocycles. The molecule has 0 aliphatic rings. The summed E-state index contributed by atoms with van der Waals surface area (Å²) in [7, 11) is 3.22. The number of benzene rings is 2. The number of methoxy groups -OCH3 is 2. The number of nitriles is 1. The molecule has 108 valence electrons. The van der Waals surface area contributed by atoms with E-state index in [0.717, 1.165) is 16.9 Å². The summed E-state index contributed by atoms with van der Waals surface area (Å²) in [6, 6.07) is 15.4. The van der Waals surface area contributed by atoms with Crippen LogP contribution in [0.25, 0.3) is 0 Å². The average molecular weight is 302 g/mol. The molecule has 4 heteroatoms. The van der Waals surface area contributed by atoms with E-state index in [1.807, 2.05) is 24.3 Å². The van der Waals surface area contributed by atoms with Crippen molar-refractivity contribution in [1.29, 1.82) is 5.26 Å². The molecule has 3 nitrogen and oxygen atoms in total. The van der Waals surface area contributed by atoms with E-state index in [1.54, 1.807) is 32.4 Å². The maximum Gasteiger partial charge on any atom is 0.123 e. The first-order valence-corrected chi connectivity index (χ1v) is 6.91. The highest BCUT2D eigenvalue weighted by atomic mass is 35.5. The molecule has 0 amide bonds. The van der Waals surface area contributed by atoms with E-state index in [4.69, 9.17) is 21.1 Å². The summed E-state index contributed by atoms with van der Waals surface area (Å²) in [5, 5.41) is 10.1. The molecule has 2 aromatic rings. The first-order valence-electron chi connectivity index (χ1n) is 6.54. The van der Waals surface area contributed by atoms with Gasteiger partial charge in [0, 0.05) is 10.6 Å². The van der Waals surface area contributed by atoms with Crippen LogP contribution in [0, 0.1) is 11.3 Å². The molecule has 0 radical (unpaired) electrons. The van der Waals surface area contributed by atoms with Crippen molar-refractivity contribution in [2.75, 3.05) is 14.2 Å². The van der Waals surface area contributed by atoms with Gasteiger partial charge in [0.05, 0.1) is 26.2 Å². The minimum absolute atomic E-state index is 0.313. The van der Waals surface area contributed by atoms with Gasteiger partial charge in [-0.2, -0.15) is 5.26 Å². The number of rotatable bonds is 5. The lowest BCUT2D eigenvalue weighted by Gasteiger charge is -2.14. The van der Waals surface area contributed by atoms with Crippen molar-refractivity contribution < 1.29 is 9.47 Å². The van der Waals surface area contributed by atoms with Crippen LogP contribution in [0.3, 0.4) is 0 Å². The van der Waals surface area contributed by atoms with E-state index < -0.39 is 0 Å². The maximum atomic E-state index is 9.48. The lowest BCUT2D eigenvalue weighted by atomic mass is 9.92. The summed E-state index contributed by atoms with van der Waals surface area (Å²) in [4.78, 5) is 0. The van der Waals surface area contributed by atoms with Crippen molar-refractivity contribution in [3.63, 3.8) is 0 Å². The SMILES string of the molecule is COc1ccc(CC(C#N)c2cc(Cl)ccc2OC)cc1. The third kappa shape index (κ3) is 3.68. The summed E-state index contributed by atoms with van der Waals surface area (Å²) in [6.07, 6.45) is 0.594. The molecular formula is C17H16ClNO2. The molecule has 2 rings (SSSR count). The van der Waals surface area contributed by atoms with Gasteiger partial charge in [0.2, 0.25) is 0 Å². The van der Waals surface area contributed by atoms with Gasteiger partial charge in [-0.15, -0.1) is 0 Å². The smallest absolute Gasteiger partial charge is 0.123 e. The highest BCUT2D eigenvalue weighted by molar-refractivity contribution is 6.30. The van der Waals surface area contributed by atoms with Crippen LogP contribution in [0.1, 0.15) is 17.0 Å². The second kappa shape index (κ2) is 7.01. The molecule has 21 heavy (non-hydrogen) atoms. The third-order valence-corrected chi connectivity index (χ3v) is 3.56. The van der Waals surface area contributed by atoms with Crippen molar-refractivity contribution >= 4 is 11.6 Å². The van der Waals surface area contributed by atoms with Crippen LogP contribution < -0.4 is 9.47 Å². The van der Waals surface area contributed by atoms with E-state index >= 15 is 0 Å². The van der Waals surface area contributed by atoms with Crippen molar-refractivity contribution in [2.45, 2.75) is 12.3 Å². The number of halogens is 1. The number of nitrogens with zero attached hydrogens (tertiary/aromatic N) is 1. The van der Waals surface area contributed by atoms with Gasteiger partial charge in [0.15, 0.2) is 0 Å². The van der Waals surface area contributed by atoms with Gasteiger partial charge in [-0.25, -0.2) is 0 Å². The Morgan fingerprint density at radius 2 is 1.81 bits per heavy atom. The largest absolute Gasteiger partial charge is 0.497 e. The third-order valence-electron chi connectivity index (χ3n) is 3.32. The Kier molecular flexibility index (Phi) is 5.08. The lowest BCUT2D eigenvalue weighted by molar-refractivity contribution is 0.408. The zero-order chi connectivity index (χ0) is 15.2. The number of hydrogen-bond donors (Lipinski definition) is 0. The fourth-order valence-corrected chi connectivity index (χ4v) is 2.38. The number of ether oxygens (including phenoxy) is 2. The molecule has 0 fully saturated rings. The van der Waals surface area contributed by atoms with Crippen LogP contribution in [-0.2, 0) is 6.42 Å². The first kappa shape index (κ1) is 15.2. The quantitative estimate of drug-likeness (QED) is 0.831. The molecule has 0 aliphatic heterocycles. The topological polar surface area (TPSA) is 42.2 Å². The Bertz CT molecular complexity index is 647. The van der Waals surface area contributed by atoms with Gasteiger partial charge in [-0.3, -0.25) is 0 Å². The molecule has 0 aliphatic carbocycles. The Morgan fingerprint density at radius 3 is 2.38 bits per heavy atom. The fraction of sp³-hybridized carbons (Fsp3) is 0.235.